The van der Waals surface area contributed by atoms with Crippen molar-refractivity contribution in [1.29, 1.82) is 5.26 Å². The van der Waals surface area contributed by atoms with E-state index in [-0.39, 0.29) is 23.1 Å². The van der Waals surface area contributed by atoms with Crippen LogP contribution in [0.4, 0.5) is 5.69 Å². The first kappa shape index (κ1) is 14.9. The van der Waals surface area contributed by atoms with Crippen LogP contribution in [0.1, 0.15) is 12.8 Å². The van der Waals surface area contributed by atoms with E-state index in [1.54, 1.807) is 18.2 Å². The summed E-state index contributed by atoms with van der Waals surface area (Å²) in [5.41, 5.74) is 0.207. The quantitative estimate of drug-likeness (QED) is 0.433. The van der Waals surface area contributed by atoms with Crippen LogP contribution in [0, 0.1) is 11.3 Å². The number of carbonyl (C=O) groups excluding carboxylic acids is 1. The van der Waals surface area contributed by atoms with Gasteiger partial charge in [-0.1, -0.05) is 12.1 Å². The third kappa shape index (κ3) is 4.23. The van der Waals surface area contributed by atoms with Gasteiger partial charge >= 0.3 is 0 Å². The summed E-state index contributed by atoms with van der Waals surface area (Å²) in [6.45, 7) is 1.32. The Morgan fingerprint density at radius 3 is 3.00 bits per heavy atom. The van der Waals surface area contributed by atoms with E-state index < -0.39 is 5.91 Å². The molecular formula is C15H17N3O3. The SMILES string of the molecule is N#C/C(=C/NCC1CCCO1)C(=O)Nc1ccccc1O. The summed E-state index contributed by atoms with van der Waals surface area (Å²) in [6, 6.07) is 8.18. The standard InChI is InChI=1S/C15H17N3O3/c16-8-11(9-17-10-12-4-3-7-21-12)15(20)18-13-5-1-2-6-14(13)19/h1-2,5-6,9,12,17,19H,3-4,7,10H2,(H,18,20)/b11-9-. The van der Waals surface area contributed by atoms with E-state index in [2.05, 4.69) is 10.6 Å². The molecule has 110 valence electrons. The fraction of sp³-hybridized carbons (Fsp3) is 0.333. The summed E-state index contributed by atoms with van der Waals surface area (Å²) in [4.78, 5) is 11.9. The van der Waals surface area contributed by atoms with Crippen LogP contribution in [0.3, 0.4) is 0 Å². The fourth-order valence-corrected chi connectivity index (χ4v) is 2.02. The Labute approximate surface area is 123 Å². The number of nitrogens with zero attached hydrogens (tertiary/aromatic N) is 1. The molecule has 1 unspecified atom stereocenters. The Balaban J connectivity index is 1.92. The molecule has 6 nitrogen and oxygen atoms in total. The lowest BCUT2D eigenvalue weighted by Crippen LogP contribution is -2.24. The molecule has 1 aliphatic heterocycles. The fourth-order valence-electron chi connectivity index (χ4n) is 2.02. The van der Waals surface area contributed by atoms with Gasteiger partial charge in [-0.05, 0) is 25.0 Å². The molecule has 6 heteroatoms. The molecule has 0 aliphatic carbocycles. The highest BCUT2D eigenvalue weighted by Crippen LogP contribution is 2.21. The molecule has 0 bridgehead atoms. The first-order valence-electron chi connectivity index (χ1n) is 6.75. The van der Waals surface area contributed by atoms with Crippen LogP contribution in [0.15, 0.2) is 36.0 Å². The molecule has 0 spiro atoms. The summed E-state index contributed by atoms with van der Waals surface area (Å²) in [5.74, 6) is -0.616. The van der Waals surface area contributed by atoms with Gasteiger partial charge in [0, 0.05) is 19.4 Å². The number of para-hydroxylation sites is 2. The summed E-state index contributed by atoms with van der Waals surface area (Å²) < 4.78 is 5.43. The number of hydrogen-bond acceptors (Lipinski definition) is 5. The van der Waals surface area contributed by atoms with Crippen molar-refractivity contribution in [3.8, 4) is 11.8 Å². The number of phenolic OH excluding ortho intramolecular Hbond substituents is 1. The number of aromatic hydroxyl groups is 1. The van der Waals surface area contributed by atoms with Crippen LogP contribution in [0.25, 0.3) is 0 Å². The van der Waals surface area contributed by atoms with Crippen LogP contribution in [-0.4, -0.2) is 30.3 Å². The van der Waals surface area contributed by atoms with Gasteiger partial charge in [0.1, 0.15) is 17.4 Å². The number of nitriles is 1. The van der Waals surface area contributed by atoms with Gasteiger partial charge in [-0.3, -0.25) is 4.79 Å². The molecule has 1 heterocycles. The minimum Gasteiger partial charge on any atom is -0.506 e. The molecule has 0 radical (unpaired) electrons. The number of ether oxygens (including phenoxy) is 1. The van der Waals surface area contributed by atoms with Crippen LogP contribution in [0.5, 0.6) is 5.75 Å². The Morgan fingerprint density at radius 1 is 1.52 bits per heavy atom. The van der Waals surface area contributed by atoms with Crippen LogP contribution in [0.2, 0.25) is 0 Å². The molecule has 1 fully saturated rings. The third-order valence-electron chi connectivity index (χ3n) is 3.13. The van der Waals surface area contributed by atoms with E-state index in [0.29, 0.717) is 6.54 Å². The predicted octanol–water partition coefficient (Wildman–Crippen LogP) is 1.51. The zero-order valence-electron chi connectivity index (χ0n) is 11.5. The van der Waals surface area contributed by atoms with Gasteiger partial charge < -0.3 is 20.5 Å². The van der Waals surface area contributed by atoms with Crippen molar-refractivity contribution in [2.45, 2.75) is 18.9 Å². The number of nitrogens with one attached hydrogen (secondary N) is 2. The Morgan fingerprint density at radius 2 is 2.33 bits per heavy atom. The highest BCUT2D eigenvalue weighted by atomic mass is 16.5. The normalized spacial score (nSPS) is 18.0. The van der Waals surface area contributed by atoms with Gasteiger partial charge in [-0.15, -0.1) is 0 Å². The molecule has 0 saturated carbocycles. The lowest BCUT2D eigenvalue weighted by atomic mass is 10.2. The van der Waals surface area contributed by atoms with E-state index in [9.17, 15) is 9.90 Å². The molecule has 1 saturated heterocycles. The van der Waals surface area contributed by atoms with E-state index in [1.807, 2.05) is 6.07 Å². The maximum atomic E-state index is 11.9. The monoisotopic (exact) mass is 287 g/mol. The molecular weight excluding hydrogens is 270 g/mol. The zero-order chi connectivity index (χ0) is 15.1. The summed E-state index contributed by atoms with van der Waals surface area (Å²) in [5, 5.41) is 24.0. The van der Waals surface area contributed by atoms with Crippen LogP contribution >= 0.6 is 0 Å². The zero-order valence-corrected chi connectivity index (χ0v) is 11.5. The number of amides is 1. The number of rotatable bonds is 5. The molecule has 1 aromatic carbocycles. The van der Waals surface area contributed by atoms with Gasteiger partial charge in [-0.25, -0.2) is 0 Å². The lowest BCUT2D eigenvalue weighted by Gasteiger charge is -2.09. The van der Waals surface area contributed by atoms with Crippen LogP contribution < -0.4 is 10.6 Å². The van der Waals surface area contributed by atoms with E-state index in [4.69, 9.17) is 10.00 Å². The smallest absolute Gasteiger partial charge is 0.267 e. The molecule has 0 aromatic heterocycles. The highest BCUT2D eigenvalue weighted by Gasteiger charge is 2.15. The Hall–Kier alpha value is -2.52. The molecule has 3 N–H and O–H groups in total. The first-order chi connectivity index (χ1) is 10.2. The largest absolute Gasteiger partial charge is 0.506 e. The second-order valence-corrected chi connectivity index (χ2v) is 4.68. The second-order valence-electron chi connectivity index (χ2n) is 4.68. The molecule has 1 aromatic rings. The predicted molar refractivity (Wildman–Crippen MR) is 77.4 cm³/mol. The van der Waals surface area contributed by atoms with Crippen molar-refractivity contribution in [3.63, 3.8) is 0 Å². The van der Waals surface area contributed by atoms with Gasteiger partial charge in [0.2, 0.25) is 0 Å². The third-order valence-corrected chi connectivity index (χ3v) is 3.13. The molecule has 1 aliphatic rings. The number of hydrogen-bond donors (Lipinski definition) is 3. The molecule has 1 atom stereocenters. The van der Waals surface area contributed by atoms with Crippen molar-refractivity contribution in [2.75, 3.05) is 18.5 Å². The van der Waals surface area contributed by atoms with Crippen molar-refractivity contribution in [2.24, 2.45) is 0 Å². The second kappa shape index (κ2) is 7.31. The first-order valence-corrected chi connectivity index (χ1v) is 6.75. The highest BCUT2D eigenvalue weighted by molar-refractivity contribution is 6.07. The average molecular weight is 287 g/mol. The minimum atomic E-state index is -0.571. The number of phenols is 1. The van der Waals surface area contributed by atoms with Crippen molar-refractivity contribution in [1.82, 2.24) is 5.32 Å². The van der Waals surface area contributed by atoms with Crippen LogP contribution in [-0.2, 0) is 9.53 Å². The molecule has 1 amide bonds. The summed E-state index contributed by atoms with van der Waals surface area (Å²) >= 11 is 0. The number of anilines is 1. The minimum absolute atomic E-state index is 0.0459. The average Bonchev–Trinajstić information content (AvgIpc) is 2.99. The summed E-state index contributed by atoms with van der Waals surface area (Å²) in [7, 11) is 0. The Bertz CT molecular complexity index is 572. The number of benzene rings is 1. The van der Waals surface area contributed by atoms with Crippen molar-refractivity contribution >= 4 is 11.6 Å². The topological polar surface area (TPSA) is 94.4 Å². The van der Waals surface area contributed by atoms with Gasteiger partial charge in [0.15, 0.2) is 0 Å². The lowest BCUT2D eigenvalue weighted by molar-refractivity contribution is -0.112. The van der Waals surface area contributed by atoms with Gasteiger partial charge in [-0.2, -0.15) is 5.26 Å². The van der Waals surface area contributed by atoms with Crippen molar-refractivity contribution in [3.05, 3.63) is 36.0 Å². The van der Waals surface area contributed by atoms with Crippen molar-refractivity contribution < 1.29 is 14.6 Å². The molecule has 21 heavy (non-hydrogen) atoms. The van der Waals surface area contributed by atoms with Gasteiger partial charge in [0.25, 0.3) is 5.91 Å². The Kier molecular flexibility index (Phi) is 5.18. The van der Waals surface area contributed by atoms with E-state index in [0.717, 1.165) is 19.4 Å². The number of carbonyl (C=O) groups is 1. The maximum absolute atomic E-state index is 11.9. The maximum Gasteiger partial charge on any atom is 0.267 e. The molecule has 2 rings (SSSR count). The van der Waals surface area contributed by atoms with Gasteiger partial charge in [0.05, 0.1) is 11.8 Å². The van der Waals surface area contributed by atoms with E-state index >= 15 is 0 Å². The summed E-state index contributed by atoms with van der Waals surface area (Å²) in [6.07, 6.45) is 3.51. The van der Waals surface area contributed by atoms with E-state index in [1.165, 1.54) is 12.3 Å².